The van der Waals surface area contributed by atoms with Crippen LogP contribution in [0.3, 0.4) is 0 Å². The van der Waals surface area contributed by atoms with Gasteiger partial charge in [0.25, 0.3) is 5.56 Å². The lowest BCUT2D eigenvalue weighted by atomic mass is 10.1. The molecule has 3 aromatic rings. The number of nitrogens with one attached hydrogen (secondary N) is 1. The molecule has 1 aliphatic carbocycles. The Balaban J connectivity index is 1.64. The highest BCUT2D eigenvalue weighted by atomic mass is 127. The van der Waals surface area contributed by atoms with Crippen LogP contribution in [0.15, 0.2) is 35.4 Å². The fourth-order valence-corrected chi connectivity index (χ4v) is 5.12. The monoisotopic (exact) mass is 479 g/mol. The molecule has 1 aliphatic rings. The van der Waals surface area contributed by atoms with Gasteiger partial charge in [-0.05, 0) is 66.0 Å². The third-order valence-corrected chi connectivity index (χ3v) is 6.79. The number of hydrogen-bond donors (Lipinski definition) is 1. The van der Waals surface area contributed by atoms with E-state index in [1.165, 1.54) is 28.6 Å². The molecule has 0 saturated carbocycles. The van der Waals surface area contributed by atoms with Crippen molar-refractivity contribution in [3.63, 3.8) is 0 Å². The Hall–Kier alpha value is -1.74. The first-order valence-corrected chi connectivity index (χ1v) is 10.6. The lowest BCUT2D eigenvalue weighted by Gasteiger charge is -2.09. The highest BCUT2D eigenvalue weighted by Crippen LogP contribution is 2.32. The van der Waals surface area contributed by atoms with Crippen LogP contribution >= 0.6 is 33.9 Å². The van der Waals surface area contributed by atoms with Crippen molar-refractivity contribution in [2.24, 2.45) is 0 Å². The van der Waals surface area contributed by atoms with Crippen LogP contribution in [0, 0.1) is 3.57 Å². The second kappa shape index (κ2) is 7.48. The molecule has 0 aliphatic heterocycles. The lowest BCUT2D eigenvalue weighted by Crippen LogP contribution is -2.28. The summed E-state index contributed by atoms with van der Waals surface area (Å²) >= 11 is 3.81. The van der Waals surface area contributed by atoms with Gasteiger partial charge in [-0.2, -0.15) is 0 Å². The molecule has 5 nitrogen and oxygen atoms in total. The summed E-state index contributed by atoms with van der Waals surface area (Å²) in [5, 5.41) is 3.59. The number of benzene rings is 1. The molecule has 0 unspecified atom stereocenters. The summed E-state index contributed by atoms with van der Waals surface area (Å²) < 4.78 is 2.38. The van der Waals surface area contributed by atoms with E-state index < -0.39 is 0 Å². The number of carbonyl (C=O) groups is 1. The lowest BCUT2D eigenvalue weighted by molar-refractivity contribution is -0.116. The maximum absolute atomic E-state index is 13.0. The summed E-state index contributed by atoms with van der Waals surface area (Å²) in [4.78, 5) is 31.9. The van der Waals surface area contributed by atoms with Crippen molar-refractivity contribution in [1.82, 2.24) is 9.55 Å². The Morgan fingerprint density at radius 3 is 2.88 bits per heavy atom. The van der Waals surface area contributed by atoms with Crippen LogP contribution in [0.5, 0.6) is 0 Å². The number of hydrogen-bond acceptors (Lipinski definition) is 4. The second-order valence-electron chi connectivity index (χ2n) is 6.45. The molecule has 7 heteroatoms. The first kappa shape index (κ1) is 17.7. The Morgan fingerprint density at radius 1 is 1.23 bits per heavy atom. The average Bonchev–Trinajstić information content (AvgIpc) is 2.82. The predicted octanol–water partition coefficient (Wildman–Crippen LogP) is 3.97. The van der Waals surface area contributed by atoms with Gasteiger partial charge in [0.2, 0.25) is 5.91 Å². The first-order valence-electron chi connectivity index (χ1n) is 8.67. The maximum Gasteiger partial charge on any atom is 0.262 e. The Bertz CT molecular complexity index is 1040. The van der Waals surface area contributed by atoms with E-state index in [4.69, 9.17) is 0 Å². The summed E-state index contributed by atoms with van der Waals surface area (Å²) in [5.41, 5.74) is 1.81. The number of rotatable bonds is 3. The maximum atomic E-state index is 13.0. The summed E-state index contributed by atoms with van der Waals surface area (Å²) in [7, 11) is 0. The van der Waals surface area contributed by atoms with E-state index in [1.54, 1.807) is 11.3 Å². The van der Waals surface area contributed by atoms with Crippen molar-refractivity contribution in [1.29, 1.82) is 0 Å². The smallest absolute Gasteiger partial charge is 0.262 e. The molecule has 1 amide bonds. The average molecular weight is 479 g/mol. The van der Waals surface area contributed by atoms with Gasteiger partial charge in [0, 0.05) is 8.45 Å². The van der Waals surface area contributed by atoms with E-state index in [9.17, 15) is 9.59 Å². The minimum atomic E-state index is -0.223. The van der Waals surface area contributed by atoms with Crippen LogP contribution in [-0.2, 0) is 24.2 Å². The summed E-state index contributed by atoms with van der Waals surface area (Å²) in [6.45, 7) is -0.0304. The molecule has 0 fully saturated rings. The van der Waals surface area contributed by atoms with Gasteiger partial charge >= 0.3 is 0 Å². The van der Waals surface area contributed by atoms with E-state index in [0.717, 1.165) is 44.3 Å². The van der Waals surface area contributed by atoms with E-state index in [-0.39, 0.29) is 18.0 Å². The zero-order valence-corrected chi connectivity index (χ0v) is 17.1. The van der Waals surface area contributed by atoms with Crippen LogP contribution in [-0.4, -0.2) is 15.5 Å². The van der Waals surface area contributed by atoms with Gasteiger partial charge in [-0.15, -0.1) is 11.3 Å². The molecule has 2 aromatic heterocycles. The third-order valence-electron chi connectivity index (χ3n) is 4.65. The van der Waals surface area contributed by atoms with Gasteiger partial charge in [0.05, 0.1) is 17.4 Å². The number of nitrogens with zero attached hydrogens (tertiary/aromatic N) is 2. The molecule has 0 spiro atoms. The number of anilines is 1. The molecular weight excluding hydrogens is 461 g/mol. The number of aromatic nitrogens is 2. The fourth-order valence-electron chi connectivity index (χ4n) is 3.38. The van der Waals surface area contributed by atoms with Crippen LogP contribution in [0.4, 0.5) is 5.69 Å². The SMILES string of the molecule is O=C(Cn1cnc2sc3c(c2c1=O)CCCCC3)Nc1ccccc1I. The molecule has 4 rings (SSSR count). The van der Waals surface area contributed by atoms with E-state index in [0.29, 0.717) is 0 Å². The molecular formula is C19H18IN3O2S. The van der Waals surface area contributed by atoms with Crippen molar-refractivity contribution < 1.29 is 4.79 Å². The molecule has 0 bridgehead atoms. The summed E-state index contributed by atoms with van der Waals surface area (Å²) in [5.74, 6) is -0.223. The van der Waals surface area contributed by atoms with Crippen molar-refractivity contribution in [2.45, 2.75) is 38.6 Å². The van der Waals surface area contributed by atoms with E-state index in [1.807, 2.05) is 24.3 Å². The first-order chi connectivity index (χ1) is 12.6. The molecule has 1 N–H and O–H groups in total. The van der Waals surface area contributed by atoms with Crippen molar-refractivity contribution in [3.05, 3.63) is 55.0 Å². The van der Waals surface area contributed by atoms with Gasteiger partial charge < -0.3 is 5.32 Å². The number of aryl methyl sites for hydroxylation is 2. The molecule has 2 heterocycles. The zero-order valence-electron chi connectivity index (χ0n) is 14.1. The van der Waals surface area contributed by atoms with E-state index >= 15 is 0 Å². The van der Waals surface area contributed by atoms with Crippen LogP contribution in [0.25, 0.3) is 10.2 Å². The van der Waals surface area contributed by atoms with Crippen molar-refractivity contribution in [3.8, 4) is 0 Å². The normalized spacial score (nSPS) is 14.0. The standard InChI is InChI=1S/C19H18IN3O2S/c20-13-7-4-5-8-14(13)22-16(24)10-23-11-21-18-17(19(23)25)12-6-2-1-3-9-15(12)26-18/h4-5,7-8,11H,1-3,6,9-10H2,(H,22,24). The fraction of sp³-hybridized carbons (Fsp3) is 0.316. The quantitative estimate of drug-likeness (QED) is 0.457. The largest absolute Gasteiger partial charge is 0.324 e. The molecule has 0 atom stereocenters. The van der Waals surface area contributed by atoms with Crippen molar-refractivity contribution in [2.75, 3.05) is 5.32 Å². The van der Waals surface area contributed by atoms with Gasteiger partial charge in [0.1, 0.15) is 11.4 Å². The number of carbonyl (C=O) groups excluding carboxylic acids is 1. The topological polar surface area (TPSA) is 64.0 Å². The molecule has 26 heavy (non-hydrogen) atoms. The molecule has 134 valence electrons. The Labute approximate surface area is 168 Å². The molecule has 0 saturated heterocycles. The second-order valence-corrected chi connectivity index (χ2v) is 8.70. The van der Waals surface area contributed by atoms with E-state index in [2.05, 4.69) is 32.9 Å². The number of amides is 1. The highest BCUT2D eigenvalue weighted by Gasteiger charge is 2.19. The Morgan fingerprint density at radius 2 is 2.04 bits per heavy atom. The van der Waals surface area contributed by atoms with Gasteiger partial charge in [-0.25, -0.2) is 4.98 Å². The van der Waals surface area contributed by atoms with Gasteiger partial charge in [0.15, 0.2) is 0 Å². The minimum Gasteiger partial charge on any atom is -0.324 e. The minimum absolute atomic E-state index is 0.0304. The van der Waals surface area contributed by atoms with Gasteiger partial charge in [-0.1, -0.05) is 18.6 Å². The van der Waals surface area contributed by atoms with Crippen LogP contribution < -0.4 is 10.9 Å². The molecule has 0 radical (unpaired) electrons. The summed E-state index contributed by atoms with van der Waals surface area (Å²) in [6.07, 6.45) is 6.95. The van der Waals surface area contributed by atoms with Crippen LogP contribution in [0.2, 0.25) is 0 Å². The highest BCUT2D eigenvalue weighted by molar-refractivity contribution is 14.1. The summed E-state index contributed by atoms with van der Waals surface area (Å²) in [6, 6.07) is 7.57. The Kier molecular flexibility index (Phi) is 5.08. The number of halogens is 1. The number of fused-ring (bicyclic) bond motifs is 3. The third kappa shape index (κ3) is 3.42. The predicted molar refractivity (Wildman–Crippen MR) is 113 cm³/mol. The zero-order chi connectivity index (χ0) is 18.1. The van der Waals surface area contributed by atoms with Gasteiger partial charge in [-0.3, -0.25) is 14.2 Å². The van der Waals surface area contributed by atoms with Crippen LogP contribution in [0.1, 0.15) is 29.7 Å². The molecule has 1 aromatic carbocycles. The number of para-hydroxylation sites is 1. The number of thiophene rings is 1. The van der Waals surface area contributed by atoms with Crippen molar-refractivity contribution >= 4 is 55.7 Å².